The molecule has 1 aromatic rings. The maximum Gasteiger partial charge on any atom is 0.411 e. The Morgan fingerprint density at radius 2 is 1.95 bits per heavy atom. The quantitative estimate of drug-likeness (QED) is 0.760. The molecule has 1 rings (SSSR count). The molecule has 0 radical (unpaired) electrons. The molecule has 3 nitrogen and oxygen atoms in total. The number of hydrogen-bond acceptors (Lipinski definition) is 3. The van der Waals surface area contributed by atoms with Crippen molar-refractivity contribution in [3.8, 4) is 5.75 Å². The van der Waals surface area contributed by atoms with Gasteiger partial charge in [-0.3, -0.25) is 0 Å². The summed E-state index contributed by atoms with van der Waals surface area (Å²) in [5.74, 6) is 0.679. The minimum absolute atomic E-state index is 0.0786. The van der Waals surface area contributed by atoms with Gasteiger partial charge in [0.2, 0.25) is 0 Å². The first-order chi connectivity index (χ1) is 9.33. The molecule has 0 saturated carbocycles. The smallest absolute Gasteiger partial charge is 0.411 e. The highest BCUT2D eigenvalue weighted by molar-refractivity contribution is 9.10. The summed E-state index contributed by atoms with van der Waals surface area (Å²) in [5, 5.41) is 3.02. The molecule has 0 aliphatic carbocycles. The van der Waals surface area contributed by atoms with E-state index in [1.54, 1.807) is 0 Å². The van der Waals surface area contributed by atoms with Gasteiger partial charge in [-0.2, -0.15) is 13.2 Å². The van der Waals surface area contributed by atoms with Gasteiger partial charge in [0.05, 0.1) is 6.61 Å². The summed E-state index contributed by atoms with van der Waals surface area (Å²) in [5.41, 5.74) is 1.86. The second-order valence-corrected chi connectivity index (χ2v) is 5.17. The fraction of sp³-hybridized carbons (Fsp3) is 0.538. The van der Waals surface area contributed by atoms with E-state index >= 15 is 0 Å². The van der Waals surface area contributed by atoms with Crippen molar-refractivity contribution < 1.29 is 22.6 Å². The lowest BCUT2D eigenvalue weighted by atomic mass is 10.1. The van der Waals surface area contributed by atoms with E-state index < -0.39 is 12.8 Å². The normalized spacial score (nSPS) is 11.7. The van der Waals surface area contributed by atoms with Crippen LogP contribution in [0, 0.1) is 6.92 Å². The van der Waals surface area contributed by atoms with Crippen molar-refractivity contribution in [1.82, 2.24) is 5.32 Å². The van der Waals surface area contributed by atoms with Crippen LogP contribution in [0.25, 0.3) is 0 Å². The first-order valence-electron chi connectivity index (χ1n) is 6.04. The molecule has 114 valence electrons. The molecule has 1 N–H and O–H groups in total. The predicted octanol–water partition coefficient (Wildman–Crippen LogP) is 3.43. The molecule has 0 aromatic heterocycles. The number of alkyl halides is 3. The van der Waals surface area contributed by atoms with Crippen LogP contribution in [0.15, 0.2) is 16.6 Å². The van der Waals surface area contributed by atoms with E-state index in [1.807, 2.05) is 26.1 Å². The van der Waals surface area contributed by atoms with Gasteiger partial charge < -0.3 is 14.8 Å². The molecule has 0 saturated heterocycles. The number of nitrogens with one attached hydrogen (secondary N) is 1. The van der Waals surface area contributed by atoms with Crippen LogP contribution in [-0.2, 0) is 11.3 Å². The van der Waals surface area contributed by atoms with Crippen molar-refractivity contribution in [3.05, 3.63) is 27.7 Å². The standard InChI is InChI=1S/C13H17BrF3NO2/c1-9-5-11(14)6-10(7-18-2)12(9)20-4-3-19-8-13(15,16)17/h5-6,18H,3-4,7-8H2,1-2H3. The van der Waals surface area contributed by atoms with E-state index in [1.165, 1.54) is 0 Å². The fourth-order valence-corrected chi connectivity index (χ4v) is 2.34. The molecule has 7 heteroatoms. The van der Waals surface area contributed by atoms with Crippen LogP contribution < -0.4 is 10.1 Å². The van der Waals surface area contributed by atoms with Gasteiger partial charge >= 0.3 is 6.18 Å². The molecule has 0 spiro atoms. The topological polar surface area (TPSA) is 30.5 Å². The van der Waals surface area contributed by atoms with Crippen molar-refractivity contribution in [3.63, 3.8) is 0 Å². The largest absolute Gasteiger partial charge is 0.491 e. The lowest BCUT2D eigenvalue weighted by Gasteiger charge is -2.15. The average molecular weight is 356 g/mol. The molecular formula is C13H17BrF3NO2. The molecule has 20 heavy (non-hydrogen) atoms. The molecule has 0 aliphatic rings. The highest BCUT2D eigenvalue weighted by Crippen LogP contribution is 2.28. The summed E-state index contributed by atoms with van der Waals surface area (Å²) in [6, 6.07) is 3.81. The number of ether oxygens (including phenoxy) is 2. The molecule has 0 unspecified atom stereocenters. The second-order valence-electron chi connectivity index (χ2n) is 4.26. The summed E-state index contributed by atoms with van der Waals surface area (Å²) >= 11 is 3.40. The van der Waals surface area contributed by atoms with E-state index in [9.17, 15) is 13.2 Å². The zero-order valence-corrected chi connectivity index (χ0v) is 12.9. The zero-order chi connectivity index (χ0) is 15.2. The molecule has 0 heterocycles. The minimum atomic E-state index is -4.30. The van der Waals surface area contributed by atoms with Gasteiger partial charge in [-0.25, -0.2) is 0 Å². The van der Waals surface area contributed by atoms with Crippen LogP contribution in [-0.4, -0.2) is 33.0 Å². The highest BCUT2D eigenvalue weighted by Gasteiger charge is 2.27. The number of halogens is 4. The SMILES string of the molecule is CNCc1cc(Br)cc(C)c1OCCOCC(F)(F)F. The number of aryl methyl sites for hydroxylation is 1. The molecule has 0 bridgehead atoms. The van der Waals surface area contributed by atoms with Crippen molar-refractivity contribution in [1.29, 1.82) is 0 Å². The second kappa shape index (κ2) is 7.85. The Hall–Kier alpha value is -0.790. The summed E-state index contributed by atoms with van der Waals surface area (Å²) < 4.78 is 46.7. The Bertz CT molecular complexity index is 438. The zero-order valence-electron chi connectivity index (χ0n) is 11.3. The van der Waals surface area contributed by atoms with Gasteiger partial charge in [-0.1, -0.05) is 15.9 Å². The Morgan fingerprint density at radius 3 is 2.55 bits per heavy atom. The van der Waals surface area contributed by atoms with Crippen molar-refractivity contribution in [2.24, 2.45) is 0 Å². The summed E-state index contributed by atoms with van der Waals surface area (Å²) in [4.78, 5) is 0. The first kappa shape index (κ1) is 17.3. The van der Waals surface area contributed by atoms with E-state index in [0.717, 1.165) is 15.6 Å². The van der Waals surface area contributed by atoms with Gasteiger partial charge in [0, 0.05) is 16.6 Å². The Labute approximate surface area is 124 Å². The summed E-state index contributed by atoms with van der Waals surface area (Å²) in [6.07, 6.45) is -4.30. The average Bonchev–Trinajstić information content (AvgIpc) is 2.30. The maximum absolute atomic E-state index is 11.9. The van der Waals surface area contributed by atoms with Gasteiger partial charge in [-0.15, -0.1) is 0 Å². The number of hydrogen-bond donors (Lipinski definition) is 1. The third-order valence-electron chi connectivity index (χ3n) is 2.42. The van der Waals surface area contributed by atoms with Crippen LogP contribution in [0.3, 0.4) is 0 Å². The Kier molecular flexibility index (Phi) is 6.78. The van der Waals surface area contributed by atoms with Crippen molar-refractivity contribution in [2.45, 2.75) is 19.6 Å². The van der Waals surface area contributed by atoms with Gasteiger partial charge in [0.1, 0.15) is 19.0 Å². The molecule has 1 aromatic carbocycles. The van der Waals surface area contributed by atoms with E-state index in [4.69, 9.17) is 4.74 Å². The van der Waals surface area contributed by atoms with E-state index in [2.05, 4.69) is 26.0 Å². The molecule has 0 amide bonds. The predicted molar refractivity (Wildman–Crippen MR) is 74.0 cm³/mol. The number of rotatable bonds is 7. The monoisotopic (exact) mass is 355 g/mol. The van der Waals surface area contributed by atoms with Crippen LogP contribution in [0.4, 0.5) is 13.2 Å². The lowest BCUT2D eigenvalue weighted by Crippen LogP contribution is -2.20. The van der Waals surface area contributed by atoms with Crippen LogP contribution in [0.2, 0.25) is 0 Å². The van der Waals surface area contributed by atoms with E-state index in [0.29, 0.717) is 12.3 Å². The summed E-state index contributed by atoms with van der Waals surface area (Å²) in [7, 11) is 1.81. The van der Waals surface area contributed by atoms with Crippen LogP contribution in [0.1, 0.15) is 11.1 Å². The van der Waals surface area contributed by atoms with Gasteiger partial charge in [0.15, 0.2) is 0 Å². The maximum atomic E-state index is 11.9. The van der Waals surface area contributed by atoms with Crippen molar-refractivity contribution >= 4 is 15.9 Å². The van der Waals surface area contributed by atoms with Crippen LogP contribution in [0.5, 0.6) is 5.75 Å². The van der Waals surface area contributed by atoms with Gasteiger partial charge in [0.25, 0.3) is 0 Å². The third kappa shape index (κ3) is 6.11. The van der Waals surface area contributed by atoms with E-state index in [-0.39, 0.29) is 13.2 Å². The van der Waals surface area contributed by atoms with Crippen molar-refractivity contribution in [2.75, 3.05) is 26.9 Å². The molecule has 0 aliphatic heterocycles. The molecule has 0 fully saturated rings. The number of benzene rings is 1. The Balaban J connectivity index is 2.54. The first-order valence-corrected chi connectivity index (χ1v) is 6.83. The third-order valence-corrected chi connectivity index (χ3v) is 2.88. The fourth-order valence-electron chi connectivity index (χ4n) is 1.72. The lowest BCUT2D eigenvalue weighted by molar-refractivity contribution is -0.175. The highest BCUT2D eigenvalue weighted by atomic mass is 79.9. The minimum Gasteiger partial charge on any atom is -0.491 e. The van der Waals surface area contributed by atoms with Gasteiger partial charge in [-0.05, 0) is 31.7 Å². The van der Waals surface area contributed by atoms with Crippen LogP contribution >= 0.6 is 15.9 Å². The molecule has 0 atom stereocenters. The Morgan fingerprint density at radius 1 is 1.25 bits per heavy atom. The molecular weight excluding hydrogens is 339 g/mol. The summed E-state index contributed by atoms with van der Waals surface area (Å²) in [6.45, 7) is 1.22.